The second-order valence-corrected chi connectivity index (χ2v) is 10.6. The van der Waals surface area contributed by atoms with E-state index in [9.17, 15) is 9.59 Å². The fourth-order valence-electron chi connectivity index (χ4n) is 5.38. The molecule has 1 spiro atoms. The Morgan fingerprint density at radius 3 is 2.50 bits per heavy atom. The SMILES string of the molecule is O=C(NC(c1nccs1)C1CCC(CNC(=O)C2CC23CCC3)CC1)C1CC1. The van der Waals surface area contributed by atoms with Gasteiger partial charge in [-0.25, -0.2) is 4.98 Å². The van der Waals surface area contributed by atoms with Gasteiger partial charge in [-0.05, 0) is 75.0 Å². The maximum atomic E-state index is 12.4. The molecule has 0 radical (unpaired) electrons. The molecule has 0 bridgehead atoms. The fraction of sp³-hybridized carbons (Fsp3) is 0.773. The summed E-state index contributed by atoms with van der Waals surface area (Å²) in [7, 11) is 0. The first-order chi connectivity index (χ1) is 13.6. The van der Waals surface area contributed by atoms with Crippen molar-refractivity contribution in [2.24, 2.45) is 29.1 Å². The molecular formula is C22H31N3O2S. The van der Waals surface area contributed by atoms with Crippen LogP contribution in [0, 0.1) is 29.1 Å². The van der Waals surface area contributed by atoms with Gasteiger partial charge in [-0.15, -0.1) is 11.3 Å². The second kappa shape index (κ2) is 7.43. The Morgan fingerprint density at radius 2 is 1.93 bits per heavy atom. The van der Waals surface area contributed by atoms with E-state index in [1.807, 2.05) is 11.6 Å². The third kappa shape index (κ3) is 3.72. The Kier molecular flexibility index (Phi) is 4.93. The van der Waals surface area contributed by atoms with Crippen molar-refractivity contribution in [3.8, 4) is 0 Å². The van der Waals surface area contributed by atoms with Gasteiger partial charge >= 0.3 is 0 Å². The molecule has 6 heteroatoms. The molecule has 1 heterocycles. The standard InChI is InChI=1S/C22H31N3O2S/c26-19(16-6-7-16)25-18(21-23-10-11-28-21)15-4-2-14(3-5-15)13-24-20(27)17-12-22(17)8-1-9-22/h10-11,14-18H,1-9,12-13H2,(H,24,27)(H,25,26). The van der Waals surface area contributed by atoms with Gasteiger partial charge in [-0.3, -0.25) is 9.59 Å². The number of carbonyl (C=O) groups is 2. The molecule has 4 saturated carbocycles. The molecule has 0 aromatic carbocycles. The normalized spacial score (nSPS) is 31.6. The molecule has 4 aliphatic carbocycles. The first-order valence-electron chi connectivity index (χ1n) is 11.1. The average Bonchev–Trinajstić information content (AvgIpc) is 3.60. The quantitative estimate of drug-likeness (QED) is 0.729. The molecule has 0 saturated heterocycles. The summed E-state index contributed by atoms with van der Waals surface area (Å²) in [5, 5.41) is 9.59. The highest BCUT2D eigenvalue weighted by atomic mass is 32.1. The van der Waals surface area contributed by atoms with Crippen molar-refractivity contribution in [3.63, 3.8) is 0 Å². The van der Waals surface area contributed by atoms with Crippen LogP contribution in [0.5, 0.6) is 0 Å². The first-order valence-corrected chi connectivity index (χ1v) is 12.0. The average molecular weight is 402 g/mol. The van der Waals surface area contributed by atoms with Crippen LogP contribution in [-0.2, 0) is 9.59 Å². The maximum absolute atomic E-state index is 12.4. The zero-order valence-electron chi connectivity index (χ0n) is 16.5. The van der Waals surface area contributed by atoms with E-state index < -0.39 is 0 Å². The lowest BCUT2D eigenvalue weighted by Crippen LogP contribution is -2.38. The minimum Gasteiger partial charge on any atom is -0.356 e. The molecular weight excluding hydrogens is 370 g/mol. The van der Waals surface area contributed by atoms with Gasteiger partial charge in [-0.1, -0.05) is 6.42 Å². The number of aromatic nitrogens is 1. The molecule has 2 atom stereocenters. The number of amides is 2. The van der Waals surface area contributed by atoms with E-state index in [1.165, 1.54) is 19.3 Å². The highest BCUT2D eigenvalue weighted by molar-refractivity contribution is 7.09. The van der Waals surface area contributed by atoms with Crippen molar-refractivity contribution in [3.05, 3.63) is 16.6 Å². The summed E-state index contributed by atoms with van der Waals surface area (Å²) in [6, 6.07) is 0.0635. The Morgan fingerprint density at radius 1 is 1.14 bits per heavy atom. The van der Waals surface area contributed by atoms with Gasteiger partial charge in [0, 0.05) is 30.0 Å². The minimum atomic E-state index is 0.0635. The molecule has 4 aliphatic rings. The van der Waals surface area contributed by atoms with Gasteiger partial charge in [0.15, 0.2) is 0 Å². The number of carbonyl (C=O) groups excluding carboxylic acids is 2. The van der Waals surface area contributed by atoms with Crippen molar-refractivity contribution in [1.29, 1.82) is 0 Å². The molecule has 0 aliphatic heterocycles. The van der Waals surface area contributed by atoms with E-state index >= 15 is 0 Å². The zero-order valence-corrected chi connectivity index (χ0v) is 17.3. The van der Waals surface area contributed by atoms with Crippen LogP contribution in [0.25, 0.3) is 0 Å². The van der Waals surface area contributed by atoms with Crippen LogP contribution in [0.3, 0.4) is 0 Å². The van der Waals surface area contributed by atoms with Crippen molar-refractivity contribution in [2.75, 3.05) is 6.54 Å². The number of thiazole rings is 1. The number of nitrogens with zero attached hydrogens (tertiary/aromatic N) is 1. The van der Waals surface area contributed by atoms with Crippen LogP contribution in [0.2, 0.25) is 0 Å². The predicted molar refractivity (Wildman–Crippen MR) is 109 cm³/mol. The summed E-state index contributed by atoms with van der Waals surface area (Å²) in [5.41, 5.74) is 0.419. The minimum absolute atomic E-state index is 0.0635. The highest BCUT2D eigenvalue weighted by Gasteiger charge is 2.60. The summed E-state index contributed by atoms with van der Waals surface area (Å²) in [6.45, 7) is 0.828. The lowest BCUT2D eigenvalue weighted by Gasteiger charge is -2.33. The number of nitrogens with one attached hydrogen (secondary N) is 2. The lowest BCUT2D eigenvalue weighted by molar-refractivity contribution is -0.124. The van der Waals surface area contributed by atoms with E-state index in [0.29, 0.717) is 29.1 Å². The van der Waals surface area contributed by atoms with Crippen LogP contribution in [0.15, 0.2) is 11.6 Å². The van der Waals surface area contributed by atoms with Crippen molar-refractivity contribution in [1.82, 2.24) is 15.6 Å². The largest absolute Gasteiger partial charge is 0.356 e. The van der Waals surface area contributed by atoms with Crippen molar-refractivity contribution < 1.29 is 9.59 Å². The second-order valence-electron chi connectivity index (χ2n) is 9.63. The lowest BCUT2D eigenvalue weighted by atomic mass is 9.78. The van der Waals surface area contributed by atoms with E-state index in [2.05, 4.69) is 15.6 Å². The fourth-order valence-corrected chi connectivity index (χ4v) is 6.16. The van der Waals surface area contributed by atoms with Gasteiger partial charge in [0.05, 0.1) is 6.04 Å². The van der Waals surface area contributed by atoms with Crippen LogP contribution in [-0.4, -0.2) is 23.3 Å². The van der Waals surface area contributed by atoms with Gasteiger partial charge in [0.2, 0.25) is 11.8 Å². The number of hydrogen-bond acceptors (Lipinski definition) is 4. The van der Waals surface area contributed by atoms with E-state index in [4.69, 9.17) is 0 Å². The summed E-state index contributed by atoms with van der Waals surface area (Å²) < 4.78 is 0. The Hall–Kier alpha value is -1.43. The van der Waals surface area contributed by atoms with E-state index in [0.717, 1.165) is 56.5 Å². The van der Waals surface area contributed by atoms with E-state index in [1.54, 1.807) is 11.3 Å². The molecule has 1 aromatic heterocycles. The first kappa shape index (κ1) is 18.6. The molecule has 2 amide bonds. The van der Waals surface area contributed by atoms with Gasteiger partial charge in [0.1, 0.15) is 5.01 Å². The molecule has 2 N–H and O–H groups in total. The molecule has 1 aromatic rings. The monoisotopic (exact) mass is 401 g/mol. The van der Waals surface area contributed by atoms with Crippen LogP contribution < -0.4 is 10.6 Å². The van der Waals surface area contributed by atoms with Crippen LogP contribution in [0.1, 0.15) is 75.3 Å². The molecule has 2 unspecified atom stereocenters. The van der Waals surface area contributed by atoms with E-state index in [-0.39, 0.29) is 17.9 Å². The topological polar surface area (TPSA) is 71.1 Å². The smallest absolute Gasteiger partial charge is 0.223 e. The summed E-state index contributed by atoms with van der Waals surface area (Å²) >= 11 is 1.65. The zero-order chi connectivity index (χ0) is 19.1. The van der Waals surface area contributed by atoms with Gasteiger partial charge in [-0.2, -0.15) is 0 Å². The molecule has 5 rings (SSSR count). The third-order valence-corrected chi connectivity index (χ3v) is 8.61. The van der Waals surface area contributed by atoms with Crippen LogP contribution in [0.4, 0.5) is 0 Å². The Bertz CT molecular complexity index is 718. The van der Waals surface area contributed by atoms with Crippen molar-refractivity contribution in [2.45, 2.75) is 70.3 Å². The molecule has 28 heavy (non-hydrogen) atoms. The Balaban J connectivity index is 1.11. The molecule has 152 valence electrons. The summed E-state index contributed by atoms with van der Waals surface area (Å²) in [6.07, 6.45) is 13.3. The van der Waals surface area contributed by atoms with Gasteiger partial charge < -0.3 is 10.6 Å². The Labute approximate surface area is 171 Å². The van der Waals surface area contributed by atoms with Gasteiger partial charge in [0.25, 0.3) is 0 Å². The highest BCUT2D eigenvalue weighted by Crippen LogP contribution is 2.65. The predicted octanol–water partition coefficient (Wildman–Crippen LogP) is 3.82. The maximum Gasteiger partial charge on any atom is 0.223 e. The molecule has 5 nitrogen and oxygen atoms in total. The summed E-state index contributed by atoms with van der Waals surface area (Å²) in [5.74, 6) is 2.10. The molecule has 4 fully saturated rings. The number of hydrogen-bond donors (Lipinski definition) is 2. The third-order valence-electron chi connectivity index (χ3n) is 7.75. The summed E-state index contributed by atoms with van der Waals surface area (Å²) in [4.78, 5) is 29.3. The number of rotatable bonds is 7. The van der Waals surface area contributed by atoms with Crippen molar-refractivity contribution >= 4 is 23.2 Å². The van der Waals surface area contributed by atoms with Crippen LogP contribution >= 0.6 is 11.3 Å².